The van der Waals surface area contributed by atoms with E-state index in [1.807, 2.05) is 42.7 Å². The second-order valence-corrected chi connectivity index (χ2v) is 10.1. The van der Waals surface area contributed by atoms with E-state index in [4.69, 9.17) is 20.2 Å². The maximum atomic E-state index is 6.57. The molecule has 0 aliphatic rings. The van der Waals surface area contributed by atoms with Crippen LogP contribution < -0.4 is 30.5 Å². The highest BCUT2D eigenvalue weighted by molar-refractivity contribution is 5.67. The minimum absolute atomic E-state index is 0.651. The van der Waals surface area contributed by atoms with Crippen molar-refractivity contribution in [1.29, 1.82) is 0 Å². The number of nitrogens with zero attached hydrogens (tertiary/aromatic N) is 3. The third-order valence-corrected chi connectivity index (χ3v) is 7.37. The van der Waals surface area contributed by atoms with Gasteiger partial charge in [0.25, 0.3) is 0 Å². The molecule has 6 heteroatoms. The van der Waals surface area contributed by atoms with E-state index in [2.05, 4.69) is 80.1 Å². The van der Waals surface area contributed by atoms with E-state index in [0.29, 0.717) is 13.1 Å². The number of nitrogens with two attached hydrogens (primary N) is 1. The molecule has 0 bridgehead atoms. The summed E-state index contributed by atoms with van der Waals surface area (Å²) in [6, 6.07) is 20.5. The molecule has 6 nitrogen and oxygen atoms in total. The largest absolute Gasteiger partial charge is 0.497 e. The molecule has 0 fully saturated rings. The van der Waals surface area contributed by atoms with Crippen molar-refractivity contribution in [3.63, 3.8) is 0 Å². The Morgan fingerprint density at radius 1 is 0.927 bits per heavy atom. The lowest BCUT2D eigenvalue weighted by Crippen LogP contribution is -2.36. The first-order valence-corrected chi connectivity index (χ1v) is 13.9. The lowest BCUT2D eigenvalue weighted by Gasteiger charge is -2.26. The quantitative estimate of drug-likeness (QED) is 0.266. The molecule has 0 amide bonds. The first-order chi connectivity index (χ1) is 19.9. The van der Waals surface area contributed by atoms with Gasteiger partial charge >= 0.3 is 0 Å². The van der Waals surface area contributed by atoms with Gasteiger partial charge in [0.2, 0.25) is 0 Å². The van der Waals surface area contributed by atoms with Crippen LogP contribution in [0.4, 0.5) is 5.82 Å². The molecule has 0 aliphatic heterocycles. The molecule has 2 heterocycles. The second kappa shape index (κ2) is 13.7. The number of anilines is 1. The third kappa shape index (κ3) is 7.14. The van der Waals surface area contributed by atoms with Gasteiger partial charge in [0.15, 0.2) is 0 Å². The summed E-state index contributed by atoms with van der Waals surface area (Å²) < 4.78 is 10.8. The van der Waals surface area contributed by atoms with Gasteiger partial charge in [0, 0.05) is 42.0 Å². The molecule has 2 aromatic carbocycles. The number of hydrogen-bond acceptors (Lipinski definition) is 6. The molecule has 0 saturated heterocycles. The summed E-state index contributed by atoms with van der Waals surface area (Å²) in [5.41, 5.74) is 13.8. The average Bonchev–Trinajstić information content (AvgIpc) is 3.00. The molecule has 0 saturated carbocycles. The van der Waals surface area contributed by atoms with Gasteiger partial charge in [-0.25, -0.2) is 4.98 Å². The maximum absolute atomic E-state index is 6.57. The molecular formula is C35H40N4O2. The zero-order valence-electron chi connectivity index (χ0n) is 24.9. The molecule has 4 rings (SSSR count). The van der Waals surface area contributed by atoms with Crippen molar-refractivity contribution in [2.45, 2.75) is 47.2 Å². The highest BCUT2D eigenvalue weighted by atomic mass is 16.5. The number of ether oxygens (including phenoxy) is 2. The van der Waals surface area contributed by atoms with Gasteiger partial charge in [-0.2, -0.15) is 0 Å². The summed E-state index contributed by atoms with van der Waals surface area (Å²) in [5.74, 6) is 2.54. The molecule has 2 aromatic heterocycles. The normalized spacial score (nSPS) is 12.7. The summed E-state index contributed by atoms with van der Waals surface area (Å²) in [6.45, 7) is 9.64. The van der Waals surface area contributed by atoms with E-state index in [1.54, 1.807) is 14.2 Å². The van der Waals surface area contributed by atoms with E-state index in [-0.39, 0.29) is 0 Å². The number of allylic oxidation sites excluding steroid dienone is 2. The topological polar surface area (TPSA) is 73.5 Å². The van der Waals surface area contributed by atoms with Crippen LogP contribution in [-0.2, 0) is 13.1 Å². The summed E-state index contributed by atoms with van der Waals surface area (Å²) in [4.78, 5) is 12.0. The van der Waals surface area contributed by atoms with Crippen LogP contribution in [0.1, 0.15) is 43.9 Å². The third-order valence-electron chi connectivity index (χ3n) is 7.37. The number of benzene rings is 2. The van der Waals surface area contributed by atoms with Crippen LogP contribution in [-0.4, -0.2) is 24.2 Å². The number of methoxy groups -OCH3 is 2. The monoisotopic (exact) mass is 548 g/mol. The van der Waals surface area contributed by atoms with Crippen molar-refractivity contribution in [2.24, 2.45) is 5.73 Å². The fraction of sp³-hybridized carbons (Fsp3) is 0.257. The highest BCUT2D eigenvalue weighted by Gasteiger charge is 2.16. The van der Waals surface area contributed by atoms with E-state index in [9.17, 15) is 0 Å². The van der Waals surface area contributed by atoms with Crippen LogP contribution in [0.2, 0.25) is 0 Å². The Bertz CT molecular complexity index is 1580. The van der Waals surface area contributed by atoms with Crippen molar-refractivity contribution >= 4 is 18.0 Å². The fourth-order valence-corrected chi connectivity index (χ4v) is 4.69. The smallest absolute Gasteiger partial charge is 0.137 e. The molecule has 0 aliphatic carbocycles. The van der Waals surface area contributed by atoms with E-state index in [0.717, 1.165) is 73.4 Å². The standard InChI is InChI=1S/C35H40N4O2/c1-7-24(3)33(36)19-28-20-34(32-21-37-18-17-25(32)4)38-35(31(28)8-2)39(22-26-9-13-29(40-5)14-10-26)23-27-11-15-30(41-6)16-12-27/h8-21H,7,22-23,36H2,1-6H3/b28-19-,31-8+,33-24-. The molecule has 2 N–H and O–H groups in total. The van der Waals surface area contributed by atoms with Crippen LogP contribution in [0.25, 0.3) is 23.4 Å². The Kier molecular flexibility index (Phi) is 9.80. The van der Waals surface area contributed by atoms with E-state index < -0.39 is 0 Å². The molecule has 212 valence electrons. The Labute approximate surface area is 243 Å². The summed E-state index contributed by atoms with van der Waals surface area (Å²) >= 11 is 0. The van der Waals surface area contributed by atoms with Crippen molar-refractivity contribution in [1.82, 2.24) is 9.97 Å². The zero-order chi connectivity index (χ0) is 29.4. The van der Waals surface area contributed by atoms with Crippen molar-refractivity contribution in [2.75, 3.05) is 19.1 Å². The average molecular weight is 549 g/mol. The van der Waals surface area contributed by atoms with E-state index >= 15 is 0 Å². The van der Waals surface area contributed by atoms with Crippen LogP contribution in [0, 0.1) is 6.92 Å². The van der Waals surface area contributed by atoms with Crippen molar-refractivity contribution in [3.8, 4) is 22.8 Å². The molecule has 4 aromatic rings. The van der Waals surface area contributed by atoms with Crippen molar-refractivity contribution < 1.29 is 9.47 Å². The first kappa shape index (κ1) is 29.4. The molecule has 0 unspecified atom stereocenters. The van der Waals surface area contributed by atoms with Crippen molar-refractivity contribution in [3.05, 3.63) is 111 Å². The number of aromatic nitrogens is 2. The lowest BCUT2D eigenvalue weighted by molar-refractivity contribution is 0.414. The Morgan fingerprint density at radius 3 is 2.00 bits per heavy atom. The predicted octanol–water partition coefficient (Wildman–Crippen LogP) is 5.90. The summed E-state index contributed by atoms with van der Waals surface area (Å²) in [7, 11) is 3.37. The summed E-state index contributed by atoms with van der Waals surface area (Å²) in [6.07, 6.45) is 8.78. The maximum Gasteiger partial charge on any atom is 0.137 e. The highest BCUT2D eigenvalue weighted by Crippen LogP contribution is 2.23. The van der Waals surface area contributed by atoms with Gasteiger partial charge in [-0.05, 0) is 91.6 Å². The first-order valence-electron chi connectivity index (χ1n) is 13.9. The van der Waals surface area contributed by atoms with Gasteiger partial charge in [-0.1, -0.05) is 42.8 Å². The SMILES string of the molecule is C/C=c1/c(N(Cc2ccc(OC)cc2)Cc2ccc(OC)cc2)nc(-c2cnccc2C)c/c1=C/C(N)=C(\C)CC. The van der Waals surface area contributed by atoms with Gasteiger partial charge < -0.3 is 20.1 Å². The number of hydrogen-bond donors (Lipinski definition) is 1. The molecule has 0 spiro atoms. The number of aryl methyl sites for hydroxylation is 1. The Hall–Kier alpha value is -4.58. The second-order valence-electron chi connectivity index (χ2n) is 10.1. The minimum atomic E-state index is 0.651. The van der Waals surface area contributed by atoms with Crippen LogP contribution in [0.5, 0.6) is 11.5 Å². The van der Waals surface area contributed by atoms with Crippen LogP contribution in [0.3, 0.4) is 0 Å². The Morgan fingerprint density at radius 2 is 1.51 bits per heavy atom. The molecule has 0 atom stereocenters. The zero-order valence-corrected chi connectivity index (χ0v) is 24.9. The van der Waals surface area contributed by atoms with Crippen LogP contribution in [0.15, 0.2) is 84.3 Å². The van der Waals surface area contributed by atoms with E-state index in [1.165, 1.54) is 0 Å². The fourth-order valence-electron chi connectivity index (χ4n) is 4.69. The van der Waals surface area contributed by atoms with Gasteiger partial charge in [0.05, 0.1) is 19.9 Å². The lowest BCUT2D eigenvalue weighted by atomic mass is 10.0. The molecule has 0 radical (unpaired) electrons. The van der Waals surface area contributed by atoms with Crippen LogP contribution >= 0.6 is 0 Å². The van der Waals surface area contributed by atoms with Gasteiger partial charge in [0.1, 0.15) is 17.3 Å². The Balaban J connectivity index is 1.96. The predicted molar refractivity (Wildman–Crippen MR) is 169 cm³/mol. The number of pyridine rings is 2. The summed E-state index contributed by atoms with van der Waals surface area (Å²) in [5, 5.41) is 2.06. The van der Waals surface area contributed by atoms with Gasteiger partial charge in [-0.15, -0.1) is 0 Å². The number of rotatable bonds is 10. The molecule has 41 heavy (non-hydrogen) atoms. The van der Waals surface area contributed by atoms with Gasteiger partial charge in [-0.3, -0.25) is 4.98 Å². The molecular weight excluding hydrogens is 508 g/mol. The minimum Gasteiger partial charge on any atom is -0.497 e.